The zero-order chi connectivity index (χ0) is 23.0. The Balaban J connectivity index is 1.84. The molecule has 1 aromatic heterocycles. The van der Waals surface area contributed by atoms with Crippen LogP contribution in [0.1, 0.15) is 46.1 Å². The number of hydrogen-bond acceptors (Lipinski definition) is 6. The van der Waals surface area contributed by atoms with E-state index in [1.807, 2.05) is 7.05 Å². The van der Waals surface area contributed by atoms with Crippen LogP contribution in [0.15, 0.2) is 42.5 Å². The third kappa shape index (κ3) is 5.19. The van der Waals surface area contributed by atoms with Gasteiger partial charge in [-0.1, -0.05) is 0 Å². The van der Waals surface area contributed by atoms with Crippen LogP contribution in [0.3, 0.4) is 0 Å². The van der Waals surface area contributed by atoms with Gasteiger partial charge in [-0.2, -0.15) is 5.10 Å². The summed E-state index contributed by atoms with van der Waals surface area (Å²) in [6, 6.07) is 2.83. The molecule has 2 aromatic rings. The molecule has 8 heteroatoms. The fourth-order valence-corrected chi connectivity index (χ4v) is 4.55. The van der Waals surface area contributed by atoms with E-state index >= 15 is 0 Å². The maximum Gasteiger partial charge on any atom is 0.134 e. The summed E-state index contributed by atoms with van der Waals surface area (Å²) in [5.74, 6) is -0.222. The zero-order valence-corrected chi connectivity index (χ0v) is 18.8. The average Bonchev–Trinajstić information content (AvgIpc) is 3.17. The van der Waals surface area contributed by atoms with Gasteiger partial charge in [-0.3, -0.25) is 5.10 Å². The number of allylic oxidation sites excluding steroid dienone is 2. The van der Waals surface area contributed by atoms with Crippen molar-refractivity contribution in [1.29, 1.82) is 0 Å². The first-order valence-electron chi connectivity index (χ1n) is 10.4. The van der Waals surface area contributed by atoms with E-state index in [1.165, 1.54) is 12.3 Å². The van der Waals surface area contributed by atoms with Crippen molar-refractivity contribution in [3.05, 3.63) is 53.9 Å². The first kappa shape index (κ1) is 22.7. The van der Waals surface area contributed by atoms with Crippen LogP contribution in [0, 0.1) is 5.82 Å². The van der Waals surface area contributed by atoms with Crippen molar-refractivity contribution in [2.24, 2.45) is 11.5 Å². The Morgan fingerprint density at radius 3 is 2.42 bits per heavy atom. The fraction of sp³-hybridized carbons (Fsp3) is 0.435. The Morgan fingerprint density at radius 2 is 1.84 bits per heavy atom. The molecule has 0 aliphatic carbocycles. The topological polar surface area (TPSA) is 116 Å². The van der Waals surface area contributed by atoms with E-state index in [9.17, 15) is 9.50 Å². The largest absolute Gasteiger partial charge is 0.507 e. The van der Waals surface area contributed by atoms with Crippen LogP contribution in [-0.2, 0) is 0 Å². The van der Waals surface area contributed by atoms with Crippen LogP contribution in [0.25, 0.3) is 16.8 Å². The van der Waals surface area contributed by atoms with Crippen molar-refractivity contribution in [3.63, 3.8) is 0 Å². The number of phenolic OH excluding ortho intramolecular Hbond substituents is 1. The summed E-state index contributed by atoms with van der Waals surface area (Å²) in [6.07, 6.45) is 8.34. The first-order valence-corrected chi connectivity index (χ1v) is 10.4. The minimum Gasteiger partial charge on any atom is -0.507 e. The first-order chi connectivity index (χ1) is 14.4. The van der Waals surface area contributed by atoms with E-state index in [-0.39, 0.29) is 28.6 Å². The number of phenols is 1. The summed E-state index contributed by atoms with van der Waals surface area (Å²) >= 11 is 0. The van der Waals surface area contributed by atoms with Crippen LogP contribution < -0.4 is 16.8 Å². The van der Waals surface area contributed by atoms with Crippen LogP contribution in [-0.4, -0.2) is 44.4 Å². The normalized spacial score (nSPS) is 19.4. The molecule has 7 N–H and O–H groups in total. The number of nitrogens with zero attached hydrogens (tertiary/aromatic N) is 2. The highest BCUT2D eigenvalue weighted by atomic mass is 19.1. The lowest BCUT2D eigenvalue weighted by Gasteiger charge is -2.49. The Labute approximate surface area is 183 Å². The molecule has 1 fully saturated rings. The lowest BCUT2D eigenvalue weighted by molar-refractivity contribution is 0.0981. The molecule has 1 aromatic carbocycles. The lowest BCUT2D eigenvalue weighted by Crippen LogP contribution is -2.61. The van der Waals surface area contributed by atoms with Crippen molar-refractivity contribution in [1.82, 2.24) is 20.4 Å². The molecule has 0 spiro atoms. The molecule has 1 aliphatic rings. The molecular formula is C23H33FN6O. The monoisotopic (exact) mass is 428 g/mol. The summed E-state index contributed by atoms with van der Waals surface area (Å²) in [4.78, 5) is 2.07. The Morgan fingerprint density at radius 1 is 1.19 bits per heavy atom. The predicted octanol–water partition coefficient (Wildman–Crippen LogP) is 3.26. The van der Waals surface area contributed by atoms with E-state index in [4.69, 9.17) is 11.5 Å². The number of halogens is 1. The average molecular weight is 429 g/mol. The standard InChI is InChI=1S/C23H33FN6O/c1-22(2)10-15(11-23(3,4)29-22)30(5)21(26)7-6-19(25)17-8-16(14-12-27-28-13-14)18(24)9-20(17)31/h6-9,12-13,15,29,31H,10-11,25-26H2,1-5H3,(H,27,28)/b19-6-,21-7+. The Kier molecular flexibility index (Phi) is 6.04. The number of piperidine rings is 1. The van der Waals surface area contributed by atoms with Gasteiger partial charge in [0.25, 0.3) is 0 Å². The number of H-pyrrole nitrogens is 1. The summed E-state index contributed by atoms with van der Waals surface area (Å²) in [6.45, 7) is 8.78. The quantitative estimate of drug-likeness (QED) is 0.467. The molecule has 3 rings (SSSR count). The van der Waals surface area contributed by atoms with Crippen LogP contribution in [0.4, 0.5) is 4.39 Å². The minimum atomic E-state index is -0.554. The SMILES string of the molecule is CN(/C(N)=C/C=C(\N)c1cc(-c2cn[nH]c2)c(F)cc1O)C1CC(C)(C)NC(C)(C)C1. The van der Waals surface area contributed by atoms with Crippen LogP contribution >= 0.6 is 0 Å². The maximum absolute atomic E-state index is 14.3. The van der Waals surface area contributed by atoms with Crippen molar-refractivity contribution in [2.45, 2.75) is 57.7 Å². The number of aromatic hydroxyl groups is 1. The molecule has 0 atom stereocenters. The molecule has 168 valence electrons. The molecule has 31 heavy (non-hydrogen) atoms. The van der Waals surface area contributed by atoms with E-state index < -0.39 is 5.82 Å². The van der Waals surface area contributed by atoms with Crippen molar-refractivity contribution in [2.75, 3.05) is 7.05 Å². The third-order valence-electron chi connectivity index (χ3n) is 5.76. The van der Waals surface area contributed by atoms with Crippen molar-refractivity contribution >= 4 is 5.70 Å². The van der Waals surface area contributed by atoms with Gasteiger partial charge in [-0.05, 0) is 58.8 Å². The molecule has 1 saturated heterocycles. The van der Waals surface area contributed by atoms with Gasteiger partial charge in [-0.25, -0.2) is 4.39 Å². The minimum absolute atomic E-state index is 0.000784. The highest BCUT2D eigenvalue weighted by molar-refractivity contribution is 5.75. The maximum atomic E-state index is 14.3. The van der Waals surface area contributed by atoms with Crippen molar-refractivity contribution < 1.29 is 9.50 Å². The predicted molar refractivity (Wildman–Crippen MR) is 122 cm³/mol. The van der Waals surface area contributed by atoms with Gasteiger partial charge in [0, 0.05) is 58.8 Å². The molecule has 0 radical (unpaired) electrons. The number of rotatable bonds is 5. The number of aromatic amines is 1. The summed E-state index contributed by atoms with van der Waals surface area (Å²) in [7, 11) is 1.98. The number of aromatic nitrogens is 2. The lowest BCUT2D eigenvalue weighted by atomic mass is 9.79. The summed E-state index contributed by atoms with van der Waals surface area (Å²) in [5, 5.41) is 20.4. The molecule has 0 amide bonds. The molecule has 2 heterocycles. The van der Waals surface area contributed by atoms with Gasteiger partial charge >= 0.3 is 0 Å². The molecular weight excluding hydrogens is 395 g/mol. The molecule has 7 nitrogen and oxygen atoms in total. The Hall–Kier alpha value is -3.00. The van der Waals surface area contributed by atoms with Gasteiger partial charge < -0.3 is 26.8 Å². The highest BCUT2D eigenvalue weighted by Crippen LogP contribution is 2.33. The van der Waals surface area contributed by atoms with Crippen LogP contribution in [0.2, 0.25) is 0 Å². The number of nitrogens with one attached hydrogen (secondary N) is 2. The second-order valence-electron chi connectivity index (χ2n) is 9.62. The van der Waals surface area contributed by atoms with E-state index in [2.05, 4.69) is 48.1 Å². The van der Waals surface area contributed by atoms with E-state index in [1.54, 1.807) is 18.3 Å². The smallest absolute Gasteiger partial charge is 0.134 e. The number of nitrogens with two attached hydrogens (primary N) is 2. The van der Waals surface area contributed by atoms with Crippen molar-refractivity contribution in [3.8, 4) is 16.9 Å². The number of benzene rings is 1. The highest BCUT2D eigenvalue weighted by Gasteiger charge is 2.39. The van der Waals surface area contributed by atoms with Gasteiger partial charge in [-0.15, -0.1) is 0 Å². The van der Waals surface area contributed by atoms with Gasteiger partial charge in [0.15, 0.2) is 0 Å². The molecule has 1 aliphatic heterocycles. The Bertz CT molecular complexity index is 978. The van der Waals surface area contributed by atoms with Gasteiger partial charge in [0.2, 0.25) is 0 Å². The van der Waals surface area contributed by atoms with E-state index in [0.717, 1.165) is 18.9 Å². The van der Waals surface area contributed by atoms with E-state index in [0.29, 0.717) is 22.5 Å². The van der Waals surface area contributed by atoms with Gasteiger partial charge in [0.1, 0.15) is 11.6 Å². The second-order valence-corrected chi connectivity index (χ2v) is 9.62. The third-order valence-corrected chi connectivity index (χ3v) is 5.76. The second kappa shape index (κ2) is 8.26. The molecule has 0 saturated carbocycles. The molecule has 0 bridgehead atoms. The van der Waals surface area contributed by atoms with Crippen LogP contribution in [0.5, 0.6) is 5.75 Å². The fourth-order valence-electron chi connectivity index (χ4n) is 4.55. The summed E-state index contributed by atoms with van der Waals surface area (Å²) in [5.41, 5.74) is 14.0. The zero-order valence-electron chi connectivity index (χ0n) is 18.8. The molecule has 0 unspecified atom stereocenters. The summed E-state index contributed by atoms with van der Waals surface area (Å²) < 4.78 is 14.3. The number of hydrogen-bond donors (Lipinski definition) is 5. The van der Waals surface area contributed by atoms with Gasteiger partial charge in [0.05, 0.1) is 12.0 Å².